The van der Waals surface area contributed by atoms with Crippen molar-refractivity contribution in [2.45, 2.75) is 19.9 Å². The van der Waals surface area contributed by atoms with E-state index >= 15 is 0 Å². The van der Waals surface area contributed by atoms with Crippen LogP contribution in [0.3, 0.4) is 0 Å². The first-order valence-corrected chi connectivity index (χ1v) is 5.59. The van der Waals surface area contributed by atoms with Crippen molar-refractivity contribution >= 4 is 8.56 Å². The van der Waals surface area contributed by atoms with Gasteiger partial charge < -0.3 is 8.85 Å². The fourth-order valence-corrected chi connectivity index (χ4v) is 2.64. The molecule has 0 aliphatic carbocycles. The monoisotopic (exact) mass is 160 g/mol. The Kier molecular flexibility index (Phi) is 4.60. The predicted octanol–water partition coefficient (Wildman–Crippen LogP) is 1.86. The van der Waals surface area contributed by atoms with Crippen molar-refractivity contribution < 1.29 is 8.85 Å². The Labute approximate surface area is 64.1 Å². The second-order valence-electron chi connectivity index (χ2n) is 2.07. The summed E-state index contributed by atoms with van der Waals surface area (Å²) >= 11 is 0. The molecule has 60 valence electrons. The lowest BCUT2D eigenvalue weighted by atomic mass is 10.8. The molecule has 0 aliphatic rings. The minimum Gasteiger partial charge on any atom is -0.395 e. The highest BCUT2D eigenvalue weighted by atomic mass is 28.4. The highest BCUT2D eigenvalue weighted by Gasteiger charge is 2.28. The lowest BCUT2D eigenvalue weighted by molar-refractivity contribution is 0.257. The van der Waals surface area contributed by atoms with Crippen molar-refractivity contribution in [3.05, 3.63) is 11.8 Å². The average Bonchev–Trinajstić information content (AvgIpc) is 2.01. The van der Waals surface area contributed by atoms with Gasteiger partial charge >= 0.3 is 8.56 Å². The predicted molar refractivity (Wildman–Crippen MR) is 45.1 cm³/mol. The van der Waals surface area contributed by atoms with Crippen LogP contribution in [0.4, 0.5) is 0 Å². The highest BCUT2D eigenvalue weighted by molar-refractivity contribution is 6.72. The van der Waals surface area contributed by atoms with Gasteiger partial charge in [-0.2, -0.15) is 0 Å². The van der Waals surface area contributed by atoms with E-state index in [1.807, 2.05) is 18.7 Å². The van der Waals surface area contributed by atoms with Crippen molar-refractivity contribution in [2.75, 3.05) is 14.2 Å². The SMILES string of the molecule is CC=C[Si](CC)(OC)OC. The first-order chi connectivity index (χ1) is 4.74. The van der Waals surface area contributed by atoms with Crippen LogP contribution in [-0.2, 0) is 8.85 Å². The van der Waals surface area contributed by atoms with Crippen molar-refractivity contribution in [1.29, 1.82) is 0 Å². The molecule has 0 saturated carbocycles. The van der Waals surface area contributed by atoms with Crippen LogP contribution in [0, 0.1) is 0 Å². The van der Waals surface area contributed by atoms with Crippen molar-refractivity contribution in [3.63, 3.8) is 0 Å². The summed E-state index contributed by atoms with van der Waals surface area (Å²) in [7, 11) is 1.52. The molecular formula is C7H16O2Si. The van der Waals surface area contributed by atoms with Gasteiger partial charge in [-0.15, -0.1) is 0 Å². The smallest absolute Gasteiger partial charge is 0.363 e. The molecule has 0 aromatic heterocycles. The van der Waals surface area contributed by atoms with E-state index in [0.29, 0.717) is 0 Å². The van der Waals surface area contributed by atoms with Crippen LogP contribution >= 0.6 is 0 Å². The summed E-state index contributed by atoms with van der Waals surface area (Å²) in [5.41, 5.74) is 2.05. The van der Waals surface area contributed by atoms with Crippen LogP contribution < -0.4 is 0 Å². The molecule has 0 aromatic carbocycles. The van der Waals surface area contributed by atoms with Gasteiger partial charge in [0.15, 0.2) is 0 Å². The van der Waals surface area contributed by atoms with Gasteiger partial charge in [0.2, 0.25) is 0 Å². The van der Waals surface area contributed by atoms with Gasteiger partial charge in [-0.1, -0.05) is 13.0 Å². The average molecular weight is 160 g/mol. The van der Waals surface area contributed by atoms with Crippen molar-refractivity contribution in [3.8, 4) is 0 Å². The zero-order valence-corrected chi connectivity index (χ0v) is 8.18. The fraction of sp³-hybridized carbons (Fsp3) is 0.714. The van der Waals surface area contributed by atoms with Gasteiger partial charge in [0, 0.05) is 14.2 Å². The topological polar surface area (TPSA) is 18.5 Å². The van der Waals surface area contributed by atoms with Crippen molar-refractivity contribution in [1.82, 2.24) is 0 Å². The Hall–Kier alpha value is -0.123. The van der Waals surface area contributed by atoms with Gasteiger partial charge in [0.1, 0.15) is 0 Å². The molecule has 0 amide bonds. The highest BCUT2D eigenvalue weighted by Crippen LogP contribution is 2.11. The van der Waals surface area contributed by atoms with Crippen LogP contribution in [0.1, 0.15) is 13.8 Å². The minimum absolute atomic E-state index is 0.963. The Balaban J connectivity index is 4.15. The van der Waals surface area contributed by atoms with Crippen LogP contribution in [0.2, 0.25) is 6.04 Å². The molecule has 0 fully saturated rings. The Morgan fingerprint density at radius 1 is 1.30 bits per heavy atom. The lowest BCUT2D eigenvalue weighted by Crippen LogP contribution is -2.36. The summed E-state index contributed by atoms with van der Waals surface area (Å²) in [5, 5.41) is 0. The van der Waals surface area contributed by atoms with Crippen LogP contribution in [0.5, 0.6) is 0 Å². The van der Waals surface area contributed by atoms with Crippen molar-refractivity contribution in [2.24, 2.45) is 0 Å². The molecule has 2 nitrogen and oxygen atoms in total. The number of rotatable bonds is 4. The third-order valence-electron chi connectivity index (χ3n) is 1.60. The molecule has 0 rings (SSSR count). The second kappa shape index (κ2) is 4.66. The molecule has 0 bridgehead atoms. The maximum absolute atomic E-state index is 5.31. The largest absolute Gasteiger partial charge is 0.395 e. The molecular weight excluding hydrogens is 144 g/mol. The molecule has 0 unspecified atom stereocenters. The van der Waals surface area contributed by atoms with Crippen LogP contribution in [0.15, 0.2) is 11.8 Å². The Bertz CT molecular complexity index is 99.9. The third-order valence-corrected chi connectivity index (χ3v) is 4.81. The molecule has 0 radical (unpaired) electrons. The lowest BCUT2D eigenvalue weighted by Gasteiger charge is -2.21. The summed E-state index contributed by atoms with van der Waals surface area (Å²) in [6.07, 6.45) is 1.99. The van der Waals surface area contributed by atoms with E-state index in [1.54, 1.807) is 14.2 Å². The van der Waals surface area contributed by atoms with E-state index in [2.05, 4.69) is 6.92 Å². The summed E-state index contributed by atoms with van der Waals surface area (Å²) in [5.74, 6) is 0. The Morgan fingerprint density at radius 3 is 1.90 bits per heavy atom. The van der Waals surface area contributed by atoms with Gasteiger partial charge in [0.25, 0.3) is 0 Å². The molecule has 3 heteroatoms. The van der Waals surface area contributed by atoms with Gasteiger partial charge in [-0.05, 0) is 18.7 Å². The quantitative estimate of drug-likeness (QED) is 0.584. The van der Waals surface area contributed by atoms with Gasteiger partial charge in [0.05, 0.1) is 0 Å². The standard InChI is InChI=1S/C7H16O2Si/c1-5-7-10(6-2,8-3)9-4/h5,7H,6H2,1-4H3. The van der Waals surface area contributed by atoms with Gasteiger partial charge in [-0.3, -0.25) is 0 Å². The van der Waals surface area contributed by atoms with E-state index in [4.69, 9.17) is 8.85 Å². The first kappa shape index (κ1) is 9.88. The normalized spacial score (nSPS) is 12.8. The summed E-state index contributed by atoms with van der Waals surface area (Å²) in [4.78, 5) is 0. The molecule has 0 saturated heterocycles. The first-order valence-electron chi connectivity index (χ1n) is 3.48. The maximum Gasteiger partial charge on any atom is 0.363 e. The molecule has 0 atom stereocenters. The fourth-order valence-electron chi connectivity index (χ4n) is 0.880. The molecule has 0 aliphatic heterocycles. The van der Waals surface area contributed by atoms with Crippen LogP contribution in [-0.4, -0.2) is 22.8 Å². The second-order valence-corrected chi connectivity index (χ2v) is 5.55. The van der Waals surface area contributed by atoms with Crippen LogP contribution in [0.25, 0.3) is 0 Å². The number of allylic oxidation sites excluding steroid dienone is 1. The number of hydrogen-bond acceptors (Lipinski definition) is 2. The molecule has 0 N–H and O–H groups in total. The summed E-state index contributed by atoms with van der Waals surface area (Å²) < 4.78 is 10.6. The zero-order valence-electron chi connectivity index (χ0n) is 7.18. The summed E-state index contributed by atoms with van der Waals surface area (Å²) in [6, 6.07) is 0.963. The zero-order chi connectivity index (χ0) is 8.04. The molecule has 0 aromatic rings. The maximum atomic E-state index is 5.31. The van der Waals surface area contributed by atoms with E-state index in [0.717, 1.165) is 6.04 Å². The van der Waals surface area contributed by atoms with Gasteiger partial charge in [-0.25, -0.2) is 0 Å². The van der Waals surface area contributed by atoms with E-state index in [1.165, 1.54) is 0 Å². The third kappa shape index (κ3) is 2.25. The molecule has 0 heterocycles. The summed E-state index contributed by atoms with van der Waals surface area (Å²) in [6.45, 7) is 4.06. The Morgan fingerprint density at radius 2 is 1.80 bits per heavy atom. The van der Waals surface area contributed by atoms with E-state index in [9.17, 15) is 0 Å². The number of hydrogen-bond donors (Lipinski definition) is 0. The minimum atomic E-state index is -1.90. The van der Waals surface area contributed by atoms with E-state index < -0.39 is 8.56 Å². The molecule has 0 spiro atoms. The molecule has 10 heavy (non-hydrogen) atoms. The van der Waals surface area contributed by atoms with E-state index in [-0.39, 0.29) is 0 Å².